The van der Waals surface area contributed by atoms with Crippen LogP contribution in [0.25, 0.3) is 6.08 Å². The molecule has 1 aliphatic rings. The number of benzene rings is 3. The van der Waals surface area contributed by atoms with Crippen molar-refractivity contribution < 1.29 is 19.0 Å². The number of nitrogens with zero attached hydrogens (tertiary/aromatic N) is 2. The van der Waals surface area contributed by atoms with Crippen molar-refractivity contribution in [3.63, 3.8) is 0 Å². The van der Waals surface area contributed by atoms with Gasteiger partial charge in [0.05, 0.1) is 36.1 Å². The van der Waals surface area contributed by atoms with Gasteiger partial charge in [-0.1, -0.05) is 59.9 Å². The first kappa shape index (κ1) is 29.6. The van der Waals surface area contributed by atoms with E-state index in [1.54, 1.807) is 43.9 Å². The number of amides is 1. The zero-order valence-corrected chi connectivity index (χ0v) is 25.6. The molecular formula is C34H33N3O5S. The molecule has 0 spiro atoms. The highest BCUT2D eigenvalue weighted by Gasteiger charge is 2.32. The molecule has 4 aromatic rings. The number of methoxy groups -OCH3 is 2. The molecule has 3 aromatic carbocycles. The highest BCUT2D eigenvalue weighted by Crippen LogP contribution is 2.32. The second kappa shape index (κ2) is 12.5. The number of carbonyl (C=O) groups is 1. The normalized spacial score (nSPS) is 14.5. The van der Waals surface area contributed by atoms with Crippen LogP contribution in [0, 0.1) is 13.8 Å². The van der Waals surface area contributed by atoms with Gasteiger partial charge < -0.3 is 19.5 Å². The fourth-order valence-electron chi connectivity index (χ4n) is 5.05. The van der Waals surface area contributed by atoms with Crippen molar-refractivity contribution in [1.82, 2.24) is 4.57 Å². The molecule has 0 saturated heterocycles. The molecule has 1 atom stereocenters. The number of fused-ring (bicyclic) bond motifs is 1. The van der Waals surface area contributed by atoms with E-state index in [1.807, 2.05) is 68.4 Å². The number of aryl methyl sites for hydroxylation is 2. The Morgan fingerprint density at radius 1 is 1.02 bits per heavy atom. The highest BCUT2D eigenvalue weighted by molar-refractivity contribution is 7.07. The van der Waals surface area contributed by atoms with Crippen LogP contribution in [-0.2, 0) is 4.79 Å². The minimum atomic E-state index is -0.695. The Balaban J connectivity index is 1.62. The van der Waals surface area contributed by atoms with E-state index in [9.17, 15) is 9.59 Å². The van der Waals surface area contributed by atoms with Crippen LogP contribution < -0.4 is 34.4 Å². The molecule has 1 aromatic heterocycles. The third kappa shape index (κ3) is 6.03. The van der Waals surface area contributed by atoms with Crippen LogP contribution in [0.5, 0.6) is 17.2 Å². The van der Waals surface area contributed by atoms with Crippen LogP contribution >= 0.6 is 11.3 Å². The summed E-state index contributed by atoms with van der Waals surface area (Å²) < 4.78 is 18.6. The molecule has 0 unspecified atom stereocenters. The number of rotatable bonds is 9. The van der Waals surface area contributed by atoms with Gasteiger partial charge in [0.25, 0.3) is 11.5 Å². The number of allylic oxidation sites excluding steroid dienone is 1. The van der Waals surface area contributed by atoms with E-state index in [2.05, 4.69) is 11.9 Å². The summed E-state index contributed by atoms with van der Waals surface area (Å²) in [6.45, 7) is 9.79. The molecule has 2 heterocycles. The summed E-state index contributed by atoms with van der Waals surface area (Å²) in [6, 6.07) is 18.0. The van der Waals surface area contributed by atoms with Gasteiger partial charge in [-0.15, -0.1) is 0 Å². The van der Waals surface area contributed by atoms with E-state index in [4.69, 9.17) is 19.2 Å². The second-order valence-electron chi connectivity index (χ2n) is 10.1. The molecule has 0 aliphatic carbocycles. The number of nitrogens with one attached hydrogen (secondary N) is 1. The van der Waals surface area contributed by atoms with Crippen molar-refractivity contribution in [2.75, 3.05) is 26.1 Å². The van der Waals surface area contributed by atoms with E-state index >= 15 is 0 Å². The minimum Gasteiger partial charge on any atom is -0.497 e. The van der Waals surface area contributed by atoms with E-state index in [0.717, 1.165) is 22.3 Å². The Morgan fingerprint density at radius 2 is 1.79 bits per heavy atom. The van der Waals surface area contributed by atoms with Gasteiger partial charge in [-0.05, 0) is 73.9 Å². The lowest BCUT2D eigenvalue weighted by Crippen LogP contribution is -2.40. The molecule has 0 fully saturated rings. The van der Waals surface area contributed by atoms with Crippen molar-refractivity contribution >= 4 is 29.0 Å². The van der Waals surface area contributed by atoms with Crippen molar-refractivity contribution in [2.45, 2.75) is 26.8 Å². The molecule has 8 nitrogen and oxygen atoms in total. The van der Waals surface area contributed by atoms with Crippen LogP contribution in [0.4, 0.5) is 5.69 Å². The average molecular weight is 596 g/mol. The first-order valence-corrected chi connectivity index (χ1v) is 14.5. The summed E-state index contributed by atoms with van der Waals surface area (Å²) >= 11 is 1.27. The van der Waals surface area contributed by atoms with Crippen LogP contribution in [0.1, 0.15) is 35.2 Å². The number of hydrogen-bond donors (Lipinski definition) is 1. The number of aromatic nitrogens is 1. The third-order valence-corrected chi connectivity index (χ3v) is 8.15. The van der Waals surface area contributed by atoms with Gasteiger partial charge in [0.2, 0.25) is 0 Å². The maximum atomic E-state index is 14.0. The summed E-state index contributed by atoms with van der Waals surface area (Å²) in [7, 11) is 3.16. The molecule has 0 radical (unpaired) electrons. The zero-order chi connectivity index (χ0) is 30.7. The molecule has 5 rings (SSSR count). The molecule has 1 amide bonds. The van der Waals surface area contributed by atoms with Crippen LogP contribution in [0.15, 0.2) is 94.4 Å². The number of anilines is 1. The number of carbonyl (C=O) groups excluding carboxylic acids is 1. The Bertz CT molecular complexity index is 1920. The second-order valence-corrected chi connectivity index (χ2v) is 11.1. The lowest BCUT2D eigenvalue weighted by molar-refractivity contribution is -0.113. The monoisotopic (exact) mass is 595 g/mol. The van der Waals surface area contributed by atoms with Gasteiger partial charge in [0, 0.05) is 5.69 Å². The van der Waals surface area contributed by atoms with E-state index in [1.165, 1.54) is 11.3 Å². The largest absolute Gasteiger partial charge is 0.497 e. The summed E-state index contributed by atoms with van der Waals surface area (Å²) in [5, 5.41) is 3.06. The Morgan fingerprint density at radius 3 is 2.47 bits per heavy atom. The maximum Gasteiger partial charge on any atom is 0.271 e. The molecule has 0 saturated carbocycles. The number of ether oxygens (including phenoxy) is 3. The van der Waals surface area contributed by atoms with Gasteiger partial charge >= 0.3 is 0 Å². The molecule has 0 bridgehead atoms. The SMILES string of the molecule is C=CCOc1ccc(/C=c2/sc3n(c2=O)[C@@H](c2ccc(OC)cc2)C(C(=O)Nc2ccc(C)cc2C)=C(C)N=3)cc1OC. The number of hydrogen-bond acceptors (Lipinski definition) is 7. The predicted molar refractivity (Wildman–Crippen MR) is 170 cm³/mol. The van der Waals surface area contributed by atoms with Gasteiger partial charge in [0.1, 0.15) is 12.4 Å². The molecule has 220 valence electrons. The average Bonchev–Trinajstić information content (AvgIpc) is 3.30. The first-order valence-electron chi connectivity index (χ1n) is 13.7. The van der Waals surface area contributed by atoms with Crippen molar-refractivity contribution in [3.05, 3.63) is 127 Å². The van der Waals surface area contributed by atoms with E-state index in [-0.39, 0.29) is 11.5 Å². The van der Waals surface area contributed by atoms with E-state index in [0.29, 0.717) is 50.1 Å². The van der Waals surface area contributed by atoms with Crippen molar-refractivity contribution in [3.8, 4) is 17.2 Å². The quantitative estimate of drug-likeness (QED) is 0.273. The summed E-state index contributed by atoms with van der Waals surface area (Å²) in [5.74, 6) is 1.48. The van der Waals surface area contributed by atoms with Crippen molar-refractivity contribution in [1.29, 1.82) is 0 Å². The zero-order valence-electron chi connectivity index (χ0n) is 24.8. The Labute approximate surface area is 253 Å². The summed E-state index contributed by atoms with van der Waals surface area (Å²) in [4.78, 5) is 33.2. The fourth-order valence-corrected chi connectivity index (χ4v) is 6.10. The smallest absolute Gasteiger partial charge is 0.271 e. The van der Waals surface area contributed by atoms with E-state index < -0.39 is 6.04 Å². The minimum absolute atomic E-state index is 0.250. The molecular weight excluding hydrogens is 562 g/mol. The first-order chi connectivity index (χ1) is 20.7. The topological polar surface area (TPSA) is 91.2 Å². The summed E-state index contributed by atoms with van der Waals surface area (Å²) in [5.41, 5.74) is 4.97. The van der Waals surface area contributed by atoms with Crippen molar-refractivity contribution in [2.24, 2.45) is 4.99 Å². The molecule has 43 heavy (non-hydrogen) atoms. The molecule has 1 aliphatic heterocycles. The maximum absolute atomic E-state index is 14.0. The Hall–Kier alpha value is -4.89. The lowest BCUT2D eigenvalue weighted by Gasteiger charge is -2.25. The van der Waals surface area contributed by atoms with Crippen LogP contribution in [0.3, 0.4) is 0 Å². The summed E-state index contributed by atoms with van der Waals surface area (Å²) in [6.07, 6.45) is 3.45. The van der Waals surface area contributed by atoms with Gasteiger partial charge in [-0.3, -0.25) is 14.2 Å². The number of thiazole rings is 1. The predicted octanol–water partition coefficient (Wildman–Crippen LogP) is 5.07. The Kier molecular flexibility index (Phi) is 8.63. The van der Waals surface area contributed by atoms with Crippen LogP contribution in [-0.4, -0.2) is 31.3 Å². The highest BCUT2D eigenvalue weighted by atomic mass is 32.1. The van der Waals surface area contributed by atoms with Gasteiger partial charge in [-0.2, -0.15) is 0 Å². The standard InChI is InChI=1S/C34H33N3O5S/c1-7-16-42-27-15-9-23(18-28(27)41-6)19-29-33(39)37-31(24-10-12-25(40-5)13-11-24)30(22(4)35-34(37)43-29)32(38)36-26-14-8-20(2)17-21(26)3/h7-15,17-19,31H,1,16H2,2-6H3,(H,36,38)/b29-19+/t31-/m0/s1. The molecule has 9 heteroatoms. The van der Waals surface area contributed by atoms with Crippen LogP contribution in [0.2, 0.25) is 0 Å². The lowest BCUT2D eigenvalue weighted by atomic mass is 9.95. The van der Waals surface area contributed by atoms with Gasteiger partial charge in [0.15, 0.2) is 16.3 Å². The fraction of sp³-hybridized carbons (Fsp3) is 0.206. The molecule has 1 N–H and O–H groups in total. The van der Waals surface area contributed by atoms with Gasteiger partial charge in [-0.25, -0.2) is 4.99 Å². The third-order valence-electron chi connectivity index (χ3n) is 7.17.